The number of imidazole rings is 1. The van der Waals surface area contributed by atoms with Crippen molar-refractivity contribution in [1.29, 1.82) is 0 Å². The smallest absolute Gasteiger partial charge is 0.224 e. The third kappa shape index (κ3) is 2.98. The lowest BCUT2D eigenvalue weighted by atomic mass is 10.1. The van der Waals surface area contributed by atoms with Gasteiger partial charge in [-0.3, -0.25) is 0 Å². The Kier molecular flexibility index (Phi) is 4.42. The van der Waals surface area contributed by atoms with E-state index in [9.17, 15) is 15.3 Å². The standard InChI is InChI=1S/C14H20N6O3/c15-14-18-12(17-9(5-22)6-23)11-13(19-14)20(7-16-11)10-2-1-8(3-10)4-21/h1-2,7-10,21-23H,3-6H2,(H3,15,17,18,19)/t8-,10+/m0/s1. The van der Waals surface area contributed by atoms with Gasteiger partial charge in [-0.15, -0.1) is 0 Å². The maximum Gasteiger partial charge on any atom is 0.224 e. The minimum Gasteiger partial charge on any atom is -0.396 e. The second-order valence-electron chi connectivity index (χ2n) is 5.59. The second-order valence-corrected chi connectivity index (χ2v) is 5.59. The molecule has 6 N–H and O–H groups in total. The summed E-state index contributed by atoms with van der Waals surface area (Å²) in [7, 11) is 0. The minimum absolute atomic E-state index is 0.0470. The summed E-state index contributed by atoms with van der Waals surface area (Å²) < 4.78 is 1.89. The number of rotatable bonds is 6. The number of aliphatic hydroxyl groups is 3. The molecule has 9 heteroatoms. The SMILES string of the molecule is Nc1nc(NC(CO)CO)c2ncn([C@@H]3C=C[C@H](CO)C3)c2n1. The number of hydrogen-bond donors (Lipinski definition) is 5. The highest BCUT2D eigenvalue weighted by Gasteiger charge is 2.23. The molecule has 1 aliphatic rings. The largest absolute Gasteiger partial charge is 0.396 e. The van der Waals surface area contributed by atoms with Gasteiger partial charge < -0.3 is 30.9 Å². The van der Waals surface area contributed by atoms with Gasteiger partial charge in [-0.1, -0.05) is 12.2 Å². The first-order valence-electron chi connectivity index (χ1n) is 7.43. The number of aromatic nitrogens is 4. The van der Waals surface area contributed by atoms with Crippen LogP contribution < -0.4 is 11.1 Å². The highest BCUT2D eigenvalue weighted by atomic mass is 16.3. The fraction of sp³-hybridized carbons (Fsp3) is 0.500. The average molecular weight is 320 g/mol. The summed E-state index contributed by atoms with van der Waals surface area (Å²) in [4.78, 5) is 12.7. The first kappa shape index (κ1) is 15.7. The molecule has 3 rings (SSSR count). The fourth-order valence-electron chi connectivity index (χ4n) is 2.71. The molecule has 0 bridgehead atoms. The molecule has 0 amide bonds. The van der Waals surface area contributed by atoms with E-state index in [0.29, 0.717) is 17.0 Å². The van der Waals surface area contributed by atoms with Gasteiger partial charge in [0, 0.05) is 12.5 Å². The van der Waals surface area contributed by atoms with Crippen LogP contribution in [0.1, 0.15) is 12.5 Å². The molecule has 0 fully saturated rings. The Morgan fingerprint density at radius 2 is 2.04 bits per heavy atom. The number of hydrogen-bond acceptors (Lipinski definition) is 8. The van der Waals surface area contributed by atoms with Gasteiger partial charge in [0.2, 0.25) is 5.95 Å². The third-order valence-electron chi connectivity index (χ3n) is 3.96. The lowest BCUT2D eigenvalue weighted by Gasteiger charge is -2.15. The summed E-state index contributed by atoms with van der Waals surface area (Å²) in [6, 6.07) is -0.506. The van der Waals surface area contributed by atoms with Crippen molar-refractivity contribution in [2.24, 2.45) is 5.92 Å². The van der Waals surface area contributed by atoms with Crippen LogP contribution in [-0.2, 0) is 0 Å². The molecule has 23 heavy (non-hydrogen) atoms. The van der Waals surface area contributed by atoms with Gasteiger partial charge in [0.25, 0.3) is 0 Å². The van der Waals surface area contributed by atoms with Crippen molar-refractivity contribution < 1.29 is 15.3 Å². The molecular formula is C14H20N6O3. The van der Waals surface area contributed by atoms with E-state index in [1.807, 2.05) is 16.7 Å². The van der Waals surface area contributed by atoms with E-state index in [4.69, 9.17) is 5.73 Å². The maximum absolute atomic E-state index is 9.26. The van der Waals surface area contributed by atoms with Gasteiger partial charge in [-0.05, 0) is 6.42 Å². The predicted molar refractivity (Wildman–Crippen MR) is 84.7 cm³/mol. The molecule has 0 radical (unpaired) electrons. The highest BCUT2D eigenvalue weighted by molar-refractivity contribution is 5.84. The molecule has 0 aromatic carbocycles. The summed E-state index contributed by atoms with van der Waals surface area (Å²) >= 11 is 0. The fourth-order valence-corrected chi connectivity index (χ4v) is 2.71. The predicted octanol–water partition coefficient (Wildman–Crippen LogP) is -0.717. The van der Waals surface area contributed by atoms with Crippen LogP contribution in [0.3, 0.4) is 0 Å². The monoisotopic (exact) mass is 320 g/mol. The average Bonchev–Trinajstić information content (AvgIpc) is 3.18. The normalized spacial score (nSPS) is 20.7. The summed E-state index contributed by atoms with van der Waals surface area (Å²) in [5.41, 5.74) is 6.87. The number of nitrogen functional groups attached to an aromatic ring is 1. The Balaban J connectivity index is 1.97. The van der Waals surface area contributed by atoms with Gasteiger partial charge in [0.05, 0.1) is 31.6 Å². The Hall–Kier alpha value is -2.23. The molecule has 9 nitrogen and oxygen atoms in total. The van der Waals surface area contributed by atoms with Crippen LogP contribution >= 0.6 is 0 Å². The molecule has 0 saturated heterocycles. The van der Waals surface area contributed by atoms with E-state index in [0.717, 1.165) is 6.42 Å². The van der Waals surface area contributed by atoms with E-state index < -0.39 is 6.04 Å². The lowest BCUT2D eigenvalue weighted by molar-refractivity contribution is 0.203. The molecule has 1 aliphatic carbocycles. The summed E-state index contributed by atoms with van der Waals surface area (Å²) in [5, 5.41) is 30.6. The van der Waals surface area contributed by atoms with E-state index in [1.165, 1.54) is 0 Å². The van der Waals surface area contributed by atoms with E-state index in [1.54, 1.807) is 6.33 Å². The van der Waals surface area contributed by atoms with Crippen LogP contribution in [0.25, 0.3) is 11.2 Å². The second kappa shape index (κ2) is 6.49. The van der Waals surface area contributed by atoms with Crippen molar-refractivity contribution in [2.75, 3.05) is 30.9 Å². The van der Waals surface area contributed by atoms with E-state index in [-0.39, 0.29) is 37.7 Å². The Morgan fingerprint density at radius 1 is 1.26 bits per heavy atom. The summed E-state index contributed by atoms with van der Waals surface area (Å²) in [5.74, 6) is 0.583. The number of aliphatic hydroxyl groups excluding tert-OH is 3. The molecule has 2 aromatic rings. The Labute approximate surface area is 132 Å². The van der Waals surface area contributed by atoms with Crippen LogP contribution in [0, 0.1) is 5.92 Å². The van der Waals surface area contributed by atoms with Crippen molar-refractivity contribution in [3.8, 4) is 0 Å². The first-order valence-corrected chi connectivity index (χ1v) is 7.43. The molecule has 2 atom stereocenters. The zero-order chi connectivity index (χ0) is 16.4. The van der Waals surface area contributed by atoms with E-state index in [2.05, 4.69) is 20.3 Å². The number of fused-ring (bicyclic) bond motifs is 1. The highest BCUT2D eigenvalue weighted by Crippen LogP contribution is 2.31. The van der Waals surface area contributed by atoms with Gasteiger partial charge >= 0.3 is 0 Å². The molecule has 0 saturated carbocycles. The number of allylic oxidation sites excluding steroid dienone is 1. The Bertz CT molecular complexity index is 712. The maximum atomic E-state index is 9.26. The molecule has 0 spiro atoms. The van der Waals surface area contributed by atoms with Gasteiger partial charge in [-0.2, -0.15) is 9.97 Å². The van der Waals surface area contributed by atoms with Crippen molar-refractivity contribution in [2.45, 2.75) is 18.5 Å². The first-order chi connectivity index (χ1) is 11.2. The molecular weight excluding hydrogens is 300 g/mol. The van der Waals surface area contributed by atoms with Crippen molar-refractivity contribution in [3.05, 3.63) is 18.5 Å². The number of nitrogens with one attached hydrogen (secondary N) is 1. The third-order valence-corrected chi connectivity index (χ3v) is 3.96. The summed E-state index contributed by atoms with van der Waals surface area (Å²) in [6.45, 7) is -0.378. The topological polar surface area (TPSA) is 142 Å². The van der Waals surface area contributed by atoms with Crippen molar-refractivity contribution >= 4 is 22.9 Å². The Morgan fingerprint density at radius 3 is 2.70 bits per heavy atom. The number of anilines is 2. The van der Waals surface area contributed by atoms with Gasteiger partial charge in [0.15, 0.2) is 17.0 Å². The molecule has 2 heterocycles. The molecule has 124 valence electrons. The van der Waals surface area contributed by atoms with Crippen LogP contribution in [0.15, 0.2) is 18.5 Å². The zero-order valence-corrected chi connectivity index (χ0v) is 12.5. The molecule has 2 aromatic heterocycles. The van der Waals surface area contributed by atoms with Crippen molar-refractivity contribution in [3.63, 3.8) is 0 Å². The summed E-state index contributed by atoms with van der Waals surface area (Å²) in [6.07, 6.45) is 6.42. The van der Waals surface area contributed by atoms with Crippen LogP contribution in [0.4, 0.5) is 11.8 Å². The minimum atomic E-state index is -0.553. The van der Waals surface area contributed by atoms with Gasteiger partial charge in [-0.25, -0.2) is 4.98 Å². The molecule has 0 unspecified atom stereocenters. The lowest BCUT2D eigenvalue weighted by Crippen LogP contribution is -2.28. The van der Waals surface area contributed by atoms with Crippen molar-refractivity contribution in [1.82, 2.24) is 19.5 Å². The van der Waals surface area contributed by atoms with Gasteiger partial charge in [0.1, 0.15) is 0 Å². The zero-order valence-electron chi connectivity index (χ0n) is 12.5. The van der Waals surface area contributed by atoms with E-state index >= 15 is 0 Å². The number of nitrogens with two attached hydrogens (primary N) is 1. The van der Waals surface area contributed by atoms with Crippen LogP contribution in [0.5, 0.6) is 0 Å². The molecule has 0 aliphatic heterocycles. The van der Waals surface area contributed by atoms with Crippen LogP contribution in [-0.4, -0.2) is 60.7 Å². The van der Waals surface area contributed by atoms with Crippen LogP contribution in [0.2, 0.25) is 0 Å². The quantitative estimate of drug-likeness (QED) is 0.439. The number of nitrogens with zero attached hydrogens (tertiary/aromatic N) is 4.